The minimum absolute atomic E-state index is 0.0438. The summed E-state index contributed by atoms with van der Waals surface area (Å²) in [4.78, 5) is 10.6. The molecular weight excluding hydrogens is 268 g/mol. The van der Waals surface area contributed by atoms with Gasteiger partial charge in [-0.15, -0.1) is 0 Å². The largest absolute Gasteiger partial charge is 0.483 e. The van der Waals surface area contributed by atoms with Gasteiger partial charge in [-0.25, -0.2) is 13.6 Å². The van der Waals surface area contributed by atoms with Crippen molar-refractivity contribution < 1.29 is 32.2 Å². The van der Waals surface area contributed by atoms with Gasteiger partial charge in [0, 0.05) is 11.6 Å². The first kappa shape index (κ1) is 15.0. The zero-order valence-electron chi connectivity index (χ0n) is 9.84. The third kappa shape index (κ3) is 3.46. The fraction of sp³-hybridized carbons (Fsp3) is 0.250. The maximum Gasteiger partial charge on any atom is 0.331 e. The lowest BCUT2D eigenvalue weighted by Crippen LogP contribution is -2.06. The molecule has 1 aromatic carbocycles. The first-order valence-electron chi connectivity index (χ1n) is 5.26. The van der Waals surface area contributed by atoms with Gasteiger partial charge < -0.3 is 9.84 Å². The zero-order valence-corrected chi connectivity index (χ0v) is 9.84. The summed E-state index contributed by atoms with van der Waals surface area (Å²) in [6.07, 6.45) is 1.23. The van der Waals surface area contributed by atoms with E-state index in [1.54, 1.807) is 6.92 Å². The average molecular weight is 278 g/mol. The summed E-state index contributed by atoms with van der Waals surface area (Å²) in [6.45, 7) is 1.04. The molecule has 0 aliphatic rings. The van der Waals surface area contributed by atoms with Crippen LogP contribution in [0.15, 0.2) is 17.7 Å². The molecule has 0 aliphatic heterocycles. The van der Waals surface area contributed by atoms with Gasteiger partial charge in [-0.05, 0) is 12.5 Å². The first-order valence-corrected chi connectivity index (χ1v) is 5.26. The minimum Gasteiger partial charge on any atom is -0.483 e. The number of hydrogen-bond acceptors (Lipinski definition) is 2. The summed E-state index contributed by atoms with van der Waals surface area (Å²) in [5, 5.41) is 8.68. The number of ether oxygens (including phenoxy) is 1. The predicted octanol–water partition coefficient (Wildman–Crippen LogP) is 3.04. The molecule has 0 saturated carbocycles. The maximum atomic E-state index is 13.2. The van der Waals surface area contributed by atoms with Crippen LogP contribution in [0.4, 0.5) is 17.6 Å². The van der Waals surface area contributed by atoms with E-state index in [1.807, 2.05) is 0 Å². The Bertz CT molecular complexity index is 500. The normalized spacial score (nSPS) is 11.5. The van der Waals surface area contributed by atoms with E-state index in [9.17, 15) is 22.4 Å². The van der Waals surface area contributed by atoms with Crippen LogP contribution in [0, 0.1) is 23.3 Å². The molecule has 1 aromatic rings. The number of aliphatic carboxylic acids is 1. The van der Waals surface area contributed by atoms with Gasteiger partial charge >= 0.3 is 5.97 Å². The molecule has 104 valence electrons. The van der Waals surface area contributed by atoms with E-state index in [2.05, 4.69) is 4.74 Å². The van der Waals surface area contributed by atoms with Crippen molar-refractivity contribution in [2.24, 2.45) is 0 Å². The van der Waals surface area contributed by atoms with E-state index < -0.39 is 41.6 Å². The summed E-state index contributed by atoms with van der Waals surface area (Å²) < 4.78 is 56.5. The van der Waals surface area contributed by atoms with Crippen molar-refractivity contribution in [3.8, 4) is 5.75 Å². The van der Waals surface area contributed by atoms with Crippen molar-refractivity contribution >= 4 is 5.97 Å². The molecule has 0 amide bonds. The molecule has 0 unspecified atom stereocenters. The van der Waals surface area contributed by atoms with Crippen LogP contribution in [-0.2, 0) is 4.79 Å². The molecule has 7 heteroatoms. The Morgan fingerprint density at radius 2 is 1.79 bits per heavy atom. The molecule has 0 radical (unpaired) electrons. The van der Waals surface area contributed by atoms with Gasteiger partial charge in [0.2, 0.25) is 11.6 Å². The number of benzene rings is 1. The van der Waals surface area contributed by atoms with Crippen LogP contribution < -0.4 is 4.74 Å². The lowest BCUT2D eigenvalue weighted by Gasteiger charge is -2.08. The van der Waals surface area contributed by atoms with Gasteiger partial charge in [0.15, 0.2) is 17.4 Å². The number of carboxylic acids is 1. The Balaban J connectivity index is 2.93. The Hall–Kier alpha value is -2.05. The van der Waals surface area contributed by atoms with E-state index in [1.165, 1.54) is 0 Å². The molecule has 19 heavy (non-hydrogen) atoms. The topological polar surface area (TPSA) is 46.5 Å². The van der Waals surface area contributed by atoms with Gasteiger partial charge in [-0.2, -0.15) is 8.78 Å². The number of hydrogen-bond donors (Lipinski definition) is 1. The fourth-order valence-electron chi connectivity index (χ4n) is 1.29. The van der Waals surface area contributed by atoms with Crippen molar-refractivity contribution in [1.29, 1.82) is 0 Å². The van der Waals surface area contributed by atoms with Crippen LogP contribution in [0.3, 0.4) is 0 Å². The molecule has 1 rings (SSSR count). The SMILES string of the molecule is CC/C(=C/COc1c(F)c(F)cc(F)c1F)C(=O)O. The molecule has 1 N–H and O–H groups in total. The van der Waals surface area contributed by atoms with Crippen LogP contribution in [0.1, 0.15) is 13.3 Å². The molecule has 0 fully saturated rings. The maximum absolute atomic E-state index is 13.2. The summed E-state index contributed by atoms with van der Waals surface area (Å²) in [5.74, 6) is -8.94. The second-order valence-electron chi connectivity index (χ2n) is 3.50. The van der Waals surface area contributed by atoms with Crippen molar-refractivity contribution in [2.45, 2.75) is 13.3 Å². The van der Waals surface area contributed by atoms with Crippen LogP contribution in [0.2, 0.25) is 0 Å². The van der Waals surface area contributed by atoms with Crippen LogP contribution >= 0.6 is 0 Å². The first-order chi connectivity index (χ1) is 8.88. The summed E-state index contributed by atoms with van der Waals surface area (Å²) in [7, 11) is 0. The lowest BCUT2D eigenvalue weighted by atomic mass is 10.2. The molecule has 0 atom stereocenters. The third-order valence-corrected chi connectivity index (χ3v) is 2.28. The monoisotopic (exact) mass is 278 g/mol. The smallest absolute Gasteiger partial charge is 0.331 e. The number of carbonyl (C=O) groups is 1. The predicted molar refractivity (Wildman–Crippen MR) is 57.8 cm³/mol. The van der Waals surface area contributed by atoms with Crippen LogP contribution in [-0.4, -0.2) is 17.7 Å². The molecule has 0 aromatic heterocycles. The van der Waals surface area contributed by atoms with Gasteiger partial charge in [0.1, 0.15) is 6.61 Å². The van der Waals surface area contributed by atoms with Gasteiger partial charge in [0.25, 0.3) is 0 Å². The molecule has 0 saturated heterocycles. The second kappa shape index (κ2) is 6.21. The molecule has 0 heterocycles. The molecule has 0 spiro atoms. The third-order valence-electron chi connectivity index (χ3n) is 2.28. The van der Waals surface area contributed by atoms with E-state index in [0.717, 1.165) is 6.08 Å². The van der Waals surface area contributed by atoms with Crippen molar-refractivity contribution in [1.82, 2.24) is 0 Å². The summed E-state index contributed by atoms with van der Waals surface area (Å²) in [5.41, 5.74) is -0.0438. The number of halogens is 4. The molecule has 0 bridgehead atoms. The van der Waals surface area contributed by atoms with Gasteiger partial charge in [0.05, 0.1) is 0 Å². The van der Waals surface area contributed by atoms with Crippen LogP contribution in [0.5, 0.6) is 5.75 Å². The lowest BCUT2D eigenvalue weighted by molar-refractivity contribution is -0.132. The Kier molecular flexibility index (Phi) is 4.91. The highest BCUT2D eigenvalue weighted by Gasteiger charge is 2.20. The molecule has 3 nitrogen and oxygen atoms in total. The highest BCUT2D eigenvalue weighted by Crippen LogP contribution is 2.26. The van der Waals surface area contributed by atoms with Crippen molar-refractivity contribution in [2.75, 3.05) is 6.61 Å². The minimum atomic E-state index is -1.67. The Morgan fingerprint density at radius 1 is 1.26 bits per heavy atom. The van der Waals surface area contributed by atoms with E-state index in [0.29, 0.717) is 0 Å². The molecular formula is C12H10F4O3. The quantitative estimate of drug-likeness (QED) is 0.511. The van der Waals surface area contributed by atoms with E-state index in [4.69, 9.17) is 5.11 Å². The standard InChI is InChI=1S/C12H10F4O3/c1-2-6(12(17)18)3-4-19-11-9(15)7(13)5-8(14)10(11)16/h3,5H,2,4H2,1H3,(H,17,18)/b6-3-. The Morgan fingerprint density at radius 3 is 2.21 bits per heavy atom. The fourth-order valence-corrected chi connectivity index (χ4v) is 1.29. The Labute approximate surface area is 106 Å². The zero-order chi connectivity index (χ0) is 14.6. The van der Waals surface area contributed by atoms with Crippen molar-refractivity contribution in [3.05, 3.63) is 41.0 Å². The summed E-state index contributed by atoms with van der Waals surface area (Å²) >= 11 is 0. The second-order valence-corrected chi connectivity index (χ2v) is 3.50. The summed E-state index contributed by atoms with van der Waals surface area (Å²) in [6, 6.07) is 0.0576. The van der Waals surface area contributed by atoms with Gasteiger partial charge in [-0.3, -0.25) is 0 Å². The number of carboxylic acid groups (broad SMARTS) is 1. The number of rotatable bonds is 5. The van der Waals surface area contributed by atoms with Crippen LogP contribution in [0.25, 0.3) is 0 Å². The molecule has 0 aliphatic carbocycles. The van der Waals surface area contributed by atoms with Crippen molar-refractivity contribution in [3.63, 3.8) is 0 Å². The highest BCUT2D eigenvalue weighted by atomic mass is 19.2. The van der Waals surface area contributed by atoms with E-state index >= 15 is 0 Å². The van der Waals surface area contributed by atoms with E-state index in [-0.39, 0.29) is 18.1 Å². The average Bonchev–Trinajstić information content (AvgIpc) is 2.35. The highest BCUT2D eigenvalue weighted by molar-refractivity contribution is 5.86. The van der Waals surface area contributed by atoms with Gasteiger partial charge in [-0.1, -0.05) is 6.92 Å².